The minimum atomic E-state index is -0.0246. The van der Waals surface area contributed by atoms with Crippen LogP contribution in [0.1, 0.15) is 39.5 Å². The van der Waals surface area contributed by atoms with Crippen molar-refractivity contribution in [2.75, 3.05) is 6.54 Å². The molecule has 18 heavy (non-hydrogen) atoms. The van der Waals surface area contributed by atoms with Crippen LogP contribution in [0.5, 0.6) is 0 Å². The van der Waals surface area contributed by atoms with E-state index in [0.717, 1.165) is 19.3 Å². The van der Waals surface area contributed by atoms with Gasteiger partial charge in [0.05, 0.1) is 0 Å². The Bertz CT molecular complexity index is 284. The molecule has 106 valence electrons. The molecule has 0 radical (unpaired) electrons. The van der Waals surface area contributed by atoms with Crippen molar-refractivity contribution in [2.45, 2.75) is 51.6 Å². The molecule has 0 spiro atoms. The summed E-state index contributed by atoms with van der Waals surface area (Å²) in [5, 5.41) is 5.58. The van der Waals surface area contributed by atoms with Gasteiger partial charge in [0.2, 0.25) is 11.8 Å². The fraction of sp³-hybridized carbons (Fsp3) is 0.833. The first kappa shape index (κ1) is 17.2. The Labute approximate surface area is 115 Å². The predicted molar refractivity (Wildman–Crippen MR) is 73.5 cm³/mol. The number of halogens is 1. The number of hydrogen-bond acceptors (Lipinski definition) is 3. The predicted octanol–water partition coefficient (Wildman–Crippen LogP) is 0.567. The number of amides is 2. The lowest BCUT2D eigenvalue weighted by molar-refractivity contribution is -0.125. The van der Waals surface area contributed by atoms with Crippen LogP contribution in [0, 0.1) is 5.92 Å². The molecule has 2 atom stereocenters. The Morgan fingerprint density at radius 2 is 2.00 bits per heavy atom. The van der Waals surface area contributed by atoms with E-state index in [9.17, 15) is 9.59 Å². The summed E-state index contributed by atoms with van der Waals surface area (Å²) in [6.45, 7) is 4.23. The highest BCUT2D eigenvalue weighted by atomic mass is 35.5. The minimum absolute atomic E-state index is 0. The summed E-state index contributed by atoms with van der Waals surface area (Å²) in [6.07, 6.45) is 2.89. The lowest BCUT2D eigenvalue weighted by Gasteiger charge is -2.11. The van der Waals surface area contributed by atoms with Crippen LogP contribution >= 0.6 is 12.4 Å². The maximum atomic E-state index is 11.7. The summed E-state index contributed by atoms with van der Waals surface area (Å²) < 4.78 is 0. The normalized spacial score (nSPS) is 22.4. The molecule has 0 heterocycles. The zero-order valence-electron chi connectivity index (χ0n) is 11.1. The molecule has 5 nitrogen and oxygen atoms in total. The smallest absolute Gasteiger partial charge is 0.223 e. The molecule has 0 bridgehead atoms. The third-order valence-corrected chi connectivity index (χ3v) is 2.94. The number of hydrogen-bond donors (Lipinski definition) is 3. The van der Waals surface area contributed by atoms with Crippen LogP contribution in [0.4, 0.5) is 0 Å². The van der Waals surface area contributed by atoms with Crippen LogP contribution in [0.25, 0.3) is 0 Å². The van der Waals surface area contributed by atoms with Crippen molar-refractivity contribution in [3.63, 3.8) is 0 Å². The second-order valence-corrected chi connectivity index (χ2v) is 5.03. The van der Waals surface area contributed by atoms with Gasteiger partial charge in [0.1, 0.15) is 0 Å². The number of nitrogens with one attached hydrogen (secondary N) is 2. The maximum Gasteiger partial charge on any atom is 0.223 e. The van der Waals surface area contributed by atoms with Gasteiger partial charge in [-0.1, -0.05) is 0 Å². The first-order valence-electron chi connectivity index (χ1n) is 6.31. The summed E-state index contributed by atoms with van der Waals surface area (Å²) >= 11 is 0. The lowest BCUT2D eigenvalue weighted by atomic mass is 10.1. The molecule has 1 saturated carbocycles. The molecule has 1 aliphatic carbocycles. The van der Waals surface area contributed by atoms with E-state index in [4.69, 9.17) is 5.73 Å². The van der Waals surface area contributed by atoms with E-state index in [1.165, 1.54) is 0 Å². The average Bonchev–Trinajstić information content (AvgIpc) is 2.63. The van der Waals surface area contributed by atoms with Gasteiger partial charge in [0, 0.05) is 31.0 Å². The largest absolute Gasteiger partial charge is 0.355 e. The second-order valence-electron chi connectivity index (χ2n) is 5.03. The molecule has 1 rings (SSSR count). The Balaban J connectivity index is 0.00000289. The van der Waals surface area contributed by atoms with Crippen molar-refractivity contribution in [3.05, 3.63) is 0 Å². The maximum absolute atomic E-state index is 11.7. The summed E-state index contributed by atoms with van der Waals surface area (Å²) in [4.78, 5) is 23.0. The van der Waals surface area contributed by atoms with E-state index in [0.29, 0.717) is 13.0 Å². The Hall–Kier alpha value is -0.810. The Morgan fingerprint density at radius 1 is 1.33 bits per heavy atom. The Kier molecular flexibility index (Phi) is 7.95. The molecule has 6 heteroatoms. The van der Waals surface area contributed by atoms with E-state index in [2.05, 4.69) is 10.6 Å². The molecule has 1 fully saturated rings. The first-order valence-corrected chi connectivity index (χ1v) is 6.31. The van der Waals surface area contributed by atoms with Crippen molar-refractivity contribution in [1.29, 1.82) is 0 Å². The van der Waals surface area contributed by atoms with E-state index >= 15 is 0 Å². The second kappa shape index (κ2) is 8.32. The van der Waals surface area contributed by atoms with Crippen LogP contribution in [0.2, 0.25) is 0 Å². The summed E-state index contributed by atoms with van der Waals surface area (Å²) in [5.41, 5.74) is 5.75. The first-order chi connectivity index (χ1) is 7.99. The molecule has 1 aliphatic rings. The molecular weight excluding hydrogens is 254 g/mol. The highest BCUT2D eigenvalue weighted by Crippen LogP contribution is 2.23. The number of rotatable bonds is 5. The standard InChI is InChI=1S/C12H23N3O2.ClH/c1-8(2)15-11(16)5-6-14-12(17)9-3-4-10(13)7-9;/h8-10H,3-7,13H2,1-2H3,(H,14,17)(H,15,16);1H. The molecule has 0 aromatic rings. The van der Waals surface area contributed by atoms with E-state index < -0.39 is 0 Å². The SMILES string of the molecule is CC(C)NC(=O)CCNC(=O)C1CCC(N)C1.Cl. The number of carbonyl (C=O) groups is 2. The van der Waals surface area contributed by atoms with Crippen LogP contribution in [0.15, 0.2) is 0 Å². The minimum Gasteiger partial charge on any atom is -0.355 e. The van der Waals surface area contributed by atoms with E-state index in [1.54, 1.807) is 0 Å². The van der Waals surface area contributed by atoms with E-state index in [-0.39, 0.29) is 42.2 Å². The highest BCUT2D eigenvalue weighted by Gasteiger charge is 2.27. The van der Waals surface area contributed by atoms with Crippen molar-refractivity contribution in [3.8, 4) is 0 Å². The zero-order chi connectivity index (χ0) is 12.8. The monoisotopic (exact) mass is 277 g/mol. The Morgan fingerprint density at radius 3 is 2.50 bits per heavy atom. The van der Waals surface area contributed by atoms with Crippen molar-refractivity contribution < 1.29 is 9.59 Å². The molecule has 2 amide bonds. The summed E-state index contributed by atoms with van der Waals surface area (Å²) in [5.74, 6) is 0.0527. The van der Waals surface area contributed by atoms with Gasteiger partial charge in [-0.2, -0.15) is 0 Å². The quantitative estimate of drug-likeness (QED) is 0.687. The average molecular weight is 278 g/mol. The van der Waals surface area contributed by atoms with Gasteiger partial charge in [-0.05, 0) is 33.1 Å². The molecule has 0 aliphatic heterocycles. The van der Waals surface area contributed by atoms with Gasteiger partial charge >= 0.3 is 0 Å². The summed E-state index contributed by atoms with van der Waals surface area (Å²) in [7, 11) is 0. The molecule has 0 aromatic heterocycles. The third kappa shape index (κ3) is 6.21. The molecular formula is C12H24ClN3O2. The van der Waals surface area contributed by atoms with Gasteiger partial charge in [0.15, 0.2) is 0 Å². The van der Waals surface area contributed by atoms with Gasteiger partial charge in [-0.25, -0.2) is 0 Å². The lowest BCUT2D eigenvalue weighted by Crippen LogP contribution is -2.36. The highest BCUT2D eigenvalue weighted by molar-refractivity contribution is 5.85. The fourth-order valence-electron chi connectivity index (χ4n) is 2.09. The van der Waals surface area contributed by atoms with Crippen molar-refractivity contribution in [2.24, 2.45) is 11.7 Å². The molecule has 2 unspecified atom stereocenters. The fourth-order valence-corrected chi connectivity index (χ4v) is 2.09. The topological polar surface area (TPSA) is 84.2 Å². The molecule has 0 saturated heterocycles. The van der Waals surface area contributed by atoms with Crippen molar-refractivity contribution in [1.82, 2.24) is 10.6 Å². The van der Waals surface area contributed by atoms with Gasteiger partial charge in [0.25, 0.3) is 0 Å². The van der Waals surface area contributed by atoms with Gasteiger partial charge < -0.3 is 16.4 Å². The molecule has 0 aromatic carbocycles. The van der Waals surface area contributed by atoms with E-state index in [1.807, 2.05) is 13.8 Å². The van der Waals surface area contributed by atoms with Crippen LogP contribution in [-0.2, 0) is 9.59 Å². The van der Waals surface area contributed by atoms with Gasteiger partial charge in [-0.15, -0.1) is 12.4 Å². The number of carbonyl (C=O) groups excluding carboxylic acids is 2. The van der Waals surface area contributed by atoms with Crippen molar-refractivity contribution >= 4 is 24.2 Å². The summed E-state index contributed by atoms with van der Waals surface area (Å²) in [6, 6.07) is 0.307. The number of nitrogens with two attached hydrogens (primary N) is 1. The zero-order valence-corrected chi connectivity index (χ0v) is 11.9. The van der Waals surface area contributed by atoms with Crippen LogP contribution in [0.3, 0.4) is 0 Å². The molecule has 4 N–H and O–H groups in total. The third-order valence-electron chi connectivity index (χ3n) is 2.94. The van der Waals surface area contributed by atoms with Crippen LogP contribution in [-0.4, -0.2) is 30.4 Å². The van der Waals surface area contributed by atoms with Gasteiger partial charge in [-0.3, -0.25) is 9.59 Å². The van der Waals surface area contributed by atoms with Crippen LogP contribution < -0.4 is 16.4 Å².